The molecular weight excluding hydrogens is 542 g/mol. The van der Waals surface area contributed by atoms with E-state index in [9.17, 15) is 24.6 Å². The van der Waals surface area contributed by atoms with Crippen LogP contribution in [0.25, 0.3) is 6.08 Å². The van der Waals surface area contributed by atoms with Gasteiger partial charge in [0.1, 0.15) is 23.9 Å². The monoisotopic (exact) mass is 579 g/mol. The minimum atomic E-state index is -1.81. The van der Waals surface area contributed by atoms with E-state index >= 15 is 0 Å². The maximum Gasteiger partial charge on any atom is 0.340 e. The number of esters is 3. The third-order valence-electron chi connectivity index (χ3n) is 9.26. The zero-order valence-corrected chi connectivity index (χ0v) is 24.4. The second-order valence-corrected chi connectivity index (χ2v) is 12.4. The summed E-state index contributed by atoms with van der Waals surface area (Å²) in [6, 6.07) is 12.3. The molecule has 3 fully saturated rings. The van der Waals surface area contributed by atoms with Crippen molar-refractivity contribution in [3.63, 3.8) is 0 Å². The van der Waals surface area contributed by atoms with E-state index in [1.165, 1.54) is 32.3 Å². The number of pyridine rings is 1. The van der Waals surface area contributed by atoms with Gasteiger partial charge in [0.15, 0.2) is 0 Å². The van der Waals surface area contributed by atoms with Gasteiger partial charge in [-0.1, -0.05) is 30.3 Å². The Morgan fingerprint density at radius 3 is 2.36 bits per heavy atom. The fourth-order valence-electron chi connectivity index (χ4n) is 7.49. The van der Waals surface area contributed by atoms with Crippen molar-refractivity contribution in [2.75, 3.05) is 0 Å². The van der Waals surface area contributed by atoms with Gasteiger partial charge in [0.05, 0.1) is 28.3 Å². The van der Waals surface area contributed by atoms with Crippen molar-refractivity contribution in [3.8, 4) is 0 Å². The first-order chi connectivity index (χ1) is 19.7. The number of carbonyl (C=O) groups excluding carboxylic acids is 3. The van der Waals surface area contributed by atoms with Crippen LogP contribution in [0.2, 0.25) is 0 Å². The molecule has 5 rings (SSSR count). The molecule has 2 bridgehead atoms. The van der Waals surface area contributed by atoms with Crippen molar-refractivity contribution in [3.05, 3.63) is 72.1 Å². The summed E-state index contributed by atoms with van der Waals surface area (Å²) in [6.07, 6.45) is 0.955. The Bertz CT molecular complexity index is 1370. The molecule has 0 radical (unpaired) electrons. The highest BCUT2D eigenvalue weighted by molar-refractivity contribution is 5.89. The van der Waals surface area contributed by atoms with Crippen LogP contribution in [0.3, 0.4) is 0 Å². The maximum absolute atomic E-state index is 13.4. The molecule has 1 aromatic carbocycles. The Labute approximate surface area is 244 Å². The molecule has 2 aliphatic carbocycles. The molecule has 10 heteroatoms. The van der Waals surface area contributed by atoms with E-state index < -0.39 is 70.5 Å². The molecule has 8 atom stereocenters. The molecule has 8 unspecified atom stereocenters. The normalized spacial score (nSPS) is 36.6. The fourth-order valence-corrected chi connectivity index (χ4v) is 7.49. The number of hydrogen-bond donors (Lipinski definition) is 2. The van der Waals surface area contributed by atoms with Gasteiger partial charge in [0.25, 0.3) is 0 Å². The lowest BCUT2D eigenvalue weighted by molar-refractivity contribution is -0.343. The third-order valence-corrected chi connectivity index (χ3v) is 9.26. The maximum atomic E-state index is 13.4. The van der Waals surface area contributed by atoms with Crippen molar-refractivity contribution in [1.82, 2.24) is 4.98 Å². The number of aliphatic hydroxyl groups is 2. The number of ether oxygens (including phenoxy) is 4. The molecule has 1 saturated heterocycles. The molecule has 2 N–H and O–H groups in total. The number of rotatable bonds is 6. The lowest BCUT2D eigenvalue weighted by Crippen LogP contribution is -2.81. The lowest BCUT2D eigenvalue weighted by atomic mass is 9.47. The predicted molar refractivity (Wildman–Crippen MR) is 150 cm³/mol. The van der Waals surface area contributed by atoms with E-state index in [1.807, 2.05) is 44.2 Å². The van der Waals surface area contributed by atoms with Gasteiger partial charge in [-0.15, -0.1) is 0 Å². The van der Waals surface area contributed by atoms with Crippen LogP contribution in [0.15, 0.2) is 60.9 Å². The van der Waals surface area contributed by atoms with Gasteiger partial charge in [0, 0.05) is 37.7 Å². The zero-order chi connectivity index (χ0) is 30.5. The second kappa shape index (κ2) is 10.6. The summed E-state index contributed by atoms with van der Waals surface area (Å²) in [5.74, 6) is -2.53. The van der Waals surface area contributed by atoms with Crippen molar-refractivity contribution in [2.24, 2.45) is 11.3 Å². The van der Waals surface area contributed by atoms with E-state index in [0.29, 0.717) is 0 Å². The largest absolute Gasteiger partial charge is 0.462 e. The molecule has 2 aromatic rings. The summed E-state index contributed by atoms with van der Waals surface area (Å²) < 4.78 is 24.7. The highest BCUT2D eigenvalue weighted by Gasteiger charge is 2.84. The Morgan fingerprint density at radius 1 is 1.00 bits per heavy atom. The van der Waals surface area contributed by atoms with Crippen LogP contribution in [0.4, 0.5) is 0 Å². The molecular formula is C32H37NO9. The fraction of sp³-hybridized carbons (Fsp3) is 0.500. The summed E-state index contributed by atoms with van der Waals surface area (Å²) in [6.45, 7) is 8.05. The standard InChI is InChI=1S/C32H37NO9/c1-19(34)39-24-16-22-26(41-28(37)21-12-9-15-33-18-21)32(42-29(22,2)3)30(4,38)17-23(35)27(31(24,32)5)40-25(36)14-13-20-10-7-6-8-11-20/h6-15,18,22-24,26-27,35,38H,16-17H2,1-5H3/b14-13+. The molecule has 1 aliphatic heterocycles. The van der Waals surface area contributed by atoms with Gasteiger partial charge in [-0.05, 0) is 57.9 Å². The first kappa shape index (κ1) is 29.9. The first-order valence-corrected chi connectivity index (χ1v) is 14.1. The molecule has 3 aliphatic rings. The average molecular weight is 580 g/mol. The van der Waals surface area contributed by atoms with Gasteiger partial charge < -0.3 is 29.2 Å². The number of benzene rings is 1. The molecule has 10 nitrogen and oxygen atoms in total. The number of fused-ring (bicyclic) bond motifs is 1. The van der Waals surface area contributed by atoms with Gasteiger partial charge in [-0.3, -0.25) is 9.78 Å². The van der Waals surface area contributed by atoms with Gasteiger partial charge >= 0.3 is 17.9 Å². The highest BCUT2D eigenvalue weighted by Crippen LogP contribution is 2.68. The number of aromatic nitrogens is 1. The van der Waals surface area contributed by atoms with Crippen LogP contribution in [0.5, 0.6) is 0 Å². The lowest BCUT2D eigenvalue weighted by Gasteiger charge is -2.65. The van der Waals surface area contributed by atoms with Crippen LogP contribution in [-0.4, -0.2) is 74.3 Å². The highest BCUT2D eigenvalue weighted by atomic mass is 16.6. The molecule has 224 valence electrons. The summed E-state index contributed by atoms with van der Waals surface area (Å²) >= 11 is 0. The Balaban J connectivity index is 1.61. The van der Waals surface area contributed by atoms with Gasteiger partial charge in [0.2, 0.25) is 0 Å². The van der Waals surface area contributed by atoms with E-state index in [0.717, 1.165) is 5.56 Å². The van der Waals surface area contributed by atoms with Crippen molar-refractivity contribution < 1.29 is 43.5 Å². The van der Waals surface area contributed by atoms with E-state index in [2.05, 4.69) is 4.98 Å². The third kappa shape index (κ3) is 4.71. The zero-order valence-electron chi connectivity index (χ0n) is 24.4. The molecule has 2 saturated carbocycles. The van der Waals surface area contributed by atoms with Crippen LogP contribution in [0, 0.1) is 11.3 Å². The summed E-state index contributed by atoms with van der Waals surface area (Å²) in [7, 11) is 0. The van der Waals surface area contributed by atoms with Crippen LogP contribution in [-0.2, 0) is 28.5 Å². The van der Waals surface area contributed by atoms with Crippen LogP contribution in [0.1, 0.15) is 63.4 Å². The number of carbonyl (C=O) groups is 3. The quantitative estimate of drug-likeness (QED) is 0.298. The summed E-state index contributed by atoms with van der Waals surface area (Å²) in [5, 5.41) is 23.6. The number of aliphatic hydroxyl groups excluding tert-OH is 1. The van der Waals surface area contributed by atoms with Crippen LogP contribution < -0.4 is 0 Å². The summed E-state index contributed by atoms with van der Waals surface area (Å²) in [4.78, 5) is 43.0. The number of nitrogens with zero attached hydrogens (tertiary/aromatic N) is 1. The molecule has 2 heterocycles. The van der Waals surface area contributed by atoms with Gasteiger partial charge in [-0.25, -0.2) is 9.59 Å². The van der Waals surface area contributed by atoms with Crippen molar-refractivity contribution in [2.45, 2.75) is 88.7 Å². The number of hydrogen-bond acceptors (Lipinski definition) is 10. The average Bonchev–Trinajstić information content (AvgIpc) is 3.12. The Kier molecular flexibility index (Phi) is 7.53. The molecule has 1 spiro atoms. The van der Waals surface area contributed by atoms with E-state index in [-0.39, 0.29) is 18.4 Å². The Morgan fingerprint density at radius 2 is 1.71 bits per heavy atom. The van der Waals surface area contributed by atoms with Crippen molar-refractivity contribution in [1.29, 1.82) is 0 Å². The SMILES string of the molecule is CC(=O)OC1CC2C(OC(=O)c3cccnc3)C3(OC2(C)C)C(C)(O)CC(O)C(OC(=O)/C=C/c2ccccc2)C13C. The first-order valence-electron chi connectivity index (χ1n) is 14.1. The summed E-state index contributed by atoms with van der Waals surface area (Å²) in [5.41, 5.74) is -5.11. The minimum absolute atomic E-state index is 0.159. The molecule has 42 heavy (non-hydrogen) atoms. The topological polar surface area (TPSA) is 141 Å². The Hall–Kier alpha value is -3.60. The van der Waals surface area contributed by atoms with Crippen molar-refractivity contribution >= 4 is 24.0 Å². The van der Waals surface area contributed by atoms with E-state index in [1.54, 1.807) is 25.1 Å². The van der Waals surface area contributed by atoms with Gasteiger partial charge in [-0.2, -0.15) is 0 Å². The minimum Gasteiger partial charge on any atom is -0.462 e. The molecule has 0 amide bonds. The molecule has 1 aromatic heterocycles. The smallest absolute Gasteiger partial charge is 0.340 e. The second-order valence-electron chi connectivity index (χ2n) is 12.4. The van der Waals surface area contributed by atoms with E-state index in [4.69, 9.17) is 18.9 Å². The van der Waals surface area contributed by atoms with Crippen LogP contribution >= 0.6 is 0 Å². The predicted octanol–water partition coefficient (Wildman–Crippen LogP) is 3.25.